The molecular weight excluding hydrogens is 404 g/mol. The molecule has 0 aliphatic carbocycles. The largest absolute Gasteiger partial charge is 0.503 e. The van der Waals surface area contributed by atoms with Crippen molar-refractivity contribution in [1.29, 1.82) is 0 Å². The molecule has 2 aromatic rings. The van der Waals surface area contributed by atoms with Crippen LogP contribution < -0.4 is 15.0 Å². The molecule has 1 aliphatic rings. The summed E-state index contributed by atoms with van der Waals surface area (Å²) in [4.78, 5) is 14.3. The maximum Gasteiger partial charge on any atom is 0.281 e. The fourth-order valence-corrected chi connectivity index (χ4v) is 3.32. The molecule has 0 spiro atoms. The summed E-state index contributed by atoms with van der Waals surface area (Å²) in [6, 6.07) is 10.9. The molecule has 1 amide bonds. The lowest BCUT2D eigenvalue weighted by molar-refractivity contribution is -0.113. The molecule has 2 N–H and O–H groups in total. The highest BCUT2D eigenvalue weighted by atomic mass is 79.9. The topological polar surface area (TPSA) is 61.8 Å². The number of nitrogens with zero attached hydrogens (tertiary/aromatic N) is 1. The van der Waals surface area contributed by atoms with Crippen LogP contribution in [-0.2, 0) is 4.79 Å². The third kappa shape index (κ3) is 3.25. The van der Waals surface area contributed by atoms with Gasteiger partial charge in [0.15, 0.2) is 16.6 Å². The summed E-state index contributed by atoms with van der Waals surface area (Å²) in [6.45, 7) is 1.93. The van der Waals surface area contributed by atoms with Crippen LogP contribution in [0.1, 0.15) is 11.1 Å². The standard InChI is InChI=1S/C18H15BrN2O3S/c1-10-5-3-4-6-14(10)21-17(23)13(20-18(21)25)8-11-7-12(19)16(22)15(9-11)24-2/h3-9,22H,1-2H3,(H,20,25)/b13-8+. The Kier molecular flexibility index (Phi) is 4.78. The minimum Gasteiger partial charge on any atom is -0.503 e. The van der Waals surface area contributed by atoms with Crippen molar-refractivity contribution < 1.29 is 14.6 Å². The van der Waals surface area contributed by atoms with E-state index in [4.69, 9.17) is 17.0 Å². The Hall–Kier alpha value is -2.38. The van der Waals surface area contributed by atoms with E-state index in [-0.39, 0.29) is 11.7 Å². The predicted molar refractivity (Wildman–Crippen MR) is 105 cm³/mol. The normalized spacial score (nSPS) is 15.6. The third-order valence-electron chi connectivity index (χ3n) is 3.82. The molecule has 1 fully saturated rings. The van der Waals surface area contributed by atoms with E-state index in [1.54, 1.807) is 18.2 Å². The molecule has 2 aromatic carbocycles. The number of carbonyl (C=O) groups is 1. The maximum atomic E-state index is 12.8. The van der Waals surface area contributed by atoms with Crippen molar-refractivity contribution in [2.24, 2.45) is 0 Å². The van der Waals surface area contributed by atoms with Crippen LogP contribution in [-0.4, -0.2) is 23.2 Å². The van der Waals surface area contributed by atoms with Crippen molar-refractivity contribution in [1.82, 2.24) is 5.32 Å². The van der Waals surface area contributed by atoms with E-state index in [1.165, 1.54) is 12.0 Å². The van der Waals surface area contributed by atoms with Crippen LogP contribution in [0.2, 0.25) is 0 Å². The molecule has 0 aromatic heterocycles. The zero-order valence-corrected chi connectivity index (χ0v) is 15.9. The number of ether oxygens (including phenoxy) is 1. The second-order valence-electron chi connectivity index (χ2n) is 5.47. The van der Waals surface area contributed by atoms with E-state index >= 15 is 0 Å². The lowest BCUT2D eigenvalue weighted by Gasteiger charge is -2.16. The number of aromatic hydroxyl groups is 1. The number of para-hydroxylation sites is 1. The van der Waals surface area contributed by atoms with Gasteiger partial charge in [-0.25, -0.2) is 0 Å². The molecule has 0 saturated carbocycles. The Bertz CT molecular complexity index is 911. The summed E-state index contributed by atoms with van der Waals surface area (Å²) in [5.41, 5.74) is 2.74. The summed E-state index contributed by atoms with van der Waals surface area (Å²) in [5.74, 6) is 0.0832. The van der Waals surface area contributed by atoms with Crippen LogP contribution in [0.15, 0.2) is 46.6 Å². The third-order valence-corrected chi connectivity index (χ3v) is 4.71. The number of benzene rings is 2. The van der Waals surface area contributed by atoms with Gasteiger partial charge in [-0.3, -0.25) is 9.69 Å². The predicted octanol–water partition coefficient (Wildman–Crippen LogP) is 3.73. The van der Waals surface area contributed by atoms with Gasteiger partial charge in [0.25, 0.3) is 5.91 Å². The van der Waals surface area contributed by atoms with Gasteiger partial charge in [0.2, 0.25) is 0 Å². The molecule has 1 saturated heterocycles. The summed E-state index contributed by atoms with van der Waals surface area (Å²) >= 11 is 8.60. The minimum atomic E-state index is -0.234. The van der Waals surface area contributed by atoms with Gasteiger partial charge in [-0.2, -0.15) is 0 Å². The summed E-state index contributed by atoms with van der Waals surface area (Å²) in [7, 11) is 1.46. The number of phenols is 1. The number of thiocarbonyl (C=S) groups is 1. The molecule has 0 radical (unpaired) electrons. The number of rotatable bonds is 3. The fraction of sp³-hybridized carbons (Fsp3) is 0.111. The van der Waals surface area contributed by atoms with Gasteiger partial charge in [0.1, 0.15) is 5.70 Å². The van der Waals surface area contributed by atoms with Gasteiger partial charge in [-0.1, -0.05) is 18.2 Å². The average molecular weight is 419 g/mol. The molecule has 1 aliphatic heterocycles. The summed E-state index contributed by atoms with van der Waals surface area (Å²) in [6.07, 6.45) is 1.67. The van der Waals surface area contributed by atoms with Gasteiger partial charge < -0.3 is 15.2 Å². The van der Waals surface area contributed by atoms with Gasteiger partial charge in [0, 0.05) is 0 Å². The number of hydrogen-bond acceptors (Lipinski definition) is 4. The summed E-state index contributed by atoms with van der Waals surface area (Å²) < 4.78 is 5.61. The number of carbonyl (C=O) groups excluding carboxylic acids is 1. The number of anilines is 1. The Morgan fingerprint density at radius 2 is 2.04 bits per heavy atom. The SMILES string of the molecule is COc1cc(/C=C2/NC(=S)N(c3ccccc3C)C2=O)cc(Br)c1O. The van der Waals surface area contributed by atoms with Crippen LogP contribution in [0, 0.1) is 6.92 Å². The second-order valence-corrected chi connectivity index (χ2v) is 6.71. The summed E-state index contributed by atoms with van der Waals surface area (Å²) in [5, 5.41) is 13.2. The van der Waals surface area contributed by atoms with E-state index in [2.05, 4.69) is 21.2 Å². The van der Waals surface area contributed by atoms with Crippen LogP contribution in [0.25, 0.3) is 6.08 Å². The van der Waals surface area contributed by atoms with Gasteiger partial charge in [0.05, 0.1) is 17.3 Å². The number of halogens is 1. The monoisotopic (exact) mass is 418 g/mol. The average Bonchev–Trinajstić information content (AvgIpc) is 2.85. The first-order valence-electron chi connectivity index (χ1n) is 7.41. The first kappa shape index (κ1) is 17.4. The number of phenolic OH excluding ortho intramolecular Hbond substituents is 1. The Morgan fingerprint density at radius 3 is 2.72 bits per heavy atom. The van der Waals surface area contributed by atoms with E-state index < -0.39 is 0 Å². The zero-order chi connectivity index (χ0) is 18.1. The minimum absolute atomic E-state index is 0.00687. The van der Waals surface area contributed by atoms with E-state index in [1.807, 2.05) is 31.2 Å². The van der Waals surface area contributed by atoms with Crippen molar-refractivity contribution in [3.63, 3.8) is 0 Å². The van der Waals surface area contributed by atoms with E-state index in [0.717, 1.165) is 11.3 Å². The van der Waals surface area contributed by atoms with Crippen molar-refractivity contribution in [3.8, 4) is 11.5 Å². The van der Waals surface area contributed by atoms with Crippen LogP contribution in [0.5, 0.6) is 11.5 Å². The molecule has 0 atom stereocenters. The quantitative estimate of drug-likeness (QED) is 0.587. The van der Waals surface area contributed by atoms with E-state index in [0.29, 0.717) is 26.6 Å². The molecule has 0 unspecified atom stereocenters. The highest BCUT2D eigenvalue weighted by molar-refractivity contribution is 9.10. The molecule has 25 heavy (non-hydrogen) atoms. The maximum absolute atomic E-state index is 12.8. The van der Waals surface area contributed by atoms with E-state index in [9.17, 15) is 9.90 Å². The number of amides is 1. The molecule has 0 bridgehead atoms. The highest BCUT2D eigenvalue weighted by Crippen LogP contribution is 2.36. The number of methoxy groups -OCH3 is 1. The van der Waals surface area contributed by atoms with Crippen LogP contribution >= 0.6 is 28.1 Å². The first-order chi connectivity index (χ1) is 11.9. The van der Waals surface area contributed by atoms with Gasteiger partial charge >= 0.3 is 0 Å². The molecule has 7 heteroatoms. The molecular formula is C18H15BrN2O3S. The first-order valence-corrected chi connectivity index (χ1v) is 8.61. The zero-order valence-electron chi connectivity index (χ0n) is 13.5. The van der Waals surface area contributed by atoms with Gasteiger partial charge in [-0.15, -0.1) is 0 Å². The second kappa shape index (κ2) is 6.85. The molecule has 5 nitrogen and oxygen atoms in total. The molecule has 3 rings (SSSR count). The number of nitrogens with one attached hydrogen (secondary N) is 1. The molecule has 128 valence electrons. The molecule has 1 heterocycles. The van der Waals surface area contributed by atoms with Crippen LogP contribution in [0.4, 0.5) is 5.69 Å². The smallest absolute Gasteiger partial charge is 0.281 e. The number of hydrogen-bond donors (Lipinski definition) is 2. The highest BCUT2D eigenvalue weighted by Gasteiger charge is 2.32. The lowest BCUT2D eigenvalue weighted by Crippen LogP contribution is -2.30. The van der Waals surface area contributed by atoms with Crippen molar-refractivity contribution in [2.45, 2.75) is 6.92 Å². The Labute approximate surface area is 159 Å². The van der Waals surface area contributed by atoms with Crippen LogP contribution in [0.3, 0.4) is 0 Å². The fourth-order valence-electron chi connectivity index (χ4n) is 2.57. The number of aryl methyl sites for hydroxylation is 1. The van der Waals surface area contributed by atoms with Crippen molar-refractivity contribution in [3.05, 3.63) is 57.7 Å². The van der Waals surface area contributed by atoms with Gasteiger partial charge in [-0.05, 0) is 70.5 Å². The lowest BCUT2D eigenvalue weighted by atomic mass is 10.1. The van der Waals surface area contributed by atoms with Crippen molar-refractivity contribution in [2.75, 3.05) is 12.0 Å². The Morgan fingerprint density at radius 1 is 1.32 bits per heavy atom. The van der Waals surface area contributed by atoms with Crippen molar-refractivity contribution >= 4 is 50.9 Å². The Balaban J connectivity index is 1.99.